The molecule has 0 aliphatic heterocycles. The highest BCUT2D eigenvalue weighted by Crippen LogP contribution is 2.26. The van der Waals surface area contributed by atoms with Gasteiger partial charge < -0.3 is 0 Å². The van der Waals surface area contributed by atoms with Crippen molar-refractivity contribution in [1.29, 1.82) is 0 Å². The fourth-order valence-electron chi connectivity index (χ4n) is 1.07. The van der Waals surface area contributed by atoms with E-state index in [0.29, 0.717) is 15.6 Å². The van der Waals surface area contributed by atoms with Crippen molar-refractivity contribution in [3.05, 3.63) is 33.8 Å². The molecule has 2 nitrogen and oxygen atoms in total. The molecule has 15 heavy (non-hydrogen) atoms. The first-order valence-electron chi connectivity index (χ1n) is 4.03. The second kappa shape index (κ2) is 4.89. The fraction of sp³-hybridized carbons (Fsp3) is 0.200. The number of halogens is 2. The van der Waals surface area contributed by atoms with Gasteiger partial charge >= 0.3 is 0 Å². The number of benzene rings is 1. The van der Waals surface area contributed by atoms with Crippen LogP contribution in [0.5, 0.6) is 0 Å². The van der Waals surface area contributed by atoms with E-state index < -0.39 is 9.84 Å². The Balaban J connectivity index is 3.06. The lowest BCUT2D eigenvalue weighted by molar-refractivity contribution is 0.598. The maximum atomic E-state index is 11.4. The first-order valence-corrected chi connectivity index (χ1v) is 6.61. The standard InChI is InChI=1S/C10H8Cl2O2S/c1-2-6-15(13,14)7-8-9(11)4-3-5-10(8)12/h1,3-5H,6-7H2. The predicted octanol–water partition coefficient (Wildman–Crippen LogP) is 2.54. The molecule has 0 radical (unpaired) electrons. The molecule has 0 amide bonds. The lowest BCUT2D eigenvalue weighted by Gasteiger charge is -2.05. The zero-order valence-corrected chi connectivity index (χ0v) is 10.0. The Morgan fingerprint density at radius 1 is 1.27 bits per heavy atom. The van der Waals surface area contributed by atoms with Gasteiger partial charge in [0.05, 0.1) is 5.75 Å². The van der Waals surface area contributed by atoms with Gasteiger partial charge in [-0.05, 0) is 12.1 Å². The molecule has 0 fully saturated rings. The summed E-state index contributed by atoms with van der Waals surface area (Å²) in [5, 5.41) is 0.672. The van der Waals surface area contributed by atoms with Gasteiger partial charge in [-0.25, -0.2) is 8.42 Å². The van der Waals surface area contributed by atoms with E-state index in [2.05, 4.69) is 5.92 Å². The number of hydrogen-bond donors (Lipinski definition) is 0. The van der Waals surface area contributed by atoms with Crippen LogP contribution in [0.1, 0.15) is 5.56 Å². The Labute approximate surface area is 99.1 Å². The second-order valence-corrected chi connectivity index (χ2v) is 5.82. The first kappa shape index (κ1) is 12.4. The molecule has 0 saturated heterocycles. The van der Waals surface area contributed by atoms with Crippen molar-refractivity contribution in [2.45, 2.75) is 5.75 Å². The summed E-state index contributed by atoms with van der Waals surface area (Å²) in [6.45, 7) is 0. The molecule has 5 heteroatoms. The number of hydrogen-bond acceptors (Lipinski definition) is 2. The lowest BCUT2D eigenvalue weighted by atomic mass is 10.2. The highest BCUT2D eigenvalue weighted by atomic mass is 35.5. The van der Waals surface area contributed by atoms with Gasteiger partial charge in [0, 0.05) is 15.6 Å². The van der Waals surface area contributed by atoms with Gasteiger partial charge in [0.25, 0.3) is 0 Å². The molecule has 0 N–H and O–H groups in total. The van der Waals surface area contributed by atoms with Crippen LogP contribution in [-0.4, -0.2) is 14.2 Å². The topological polar surface area (TPSA) is 34.1 Å². The van der Waals surface area contributed by atoms with Crippen LogP contribution in [0.3, 0.4) is 0 Å². The minimum atomic E-state index is -3.33. The van der Waals surface area contributed by atoms with E-state index in [-0.39, 0.29) is 11.5 Å². The van der Waals surface area contributed by atoms with E-state index in [1.54, 1.807) is 18.2 Å². The van der Waals surface area contributed by atoms with Crippen LogP contribution in [-0.2, 0) is 15.6 Å². The molecule has 0 heterocycles. The zero-order chi connectivity index (χ0) is 11.5. The molecule has 0 unspecified atom stereocenters. The van der Waals surface area contributed by atoms with Crippen molar-refractivity contribution in [3.63, 3.8) is 0 Å². The zero-order valence-electron chi connectivity index (χ0n) is 7.70. The Morgan fingerprint density at radius 2 is 1.80 bits per heavy atom. The quantitative estimate of drug-likeness (QED) is 0.785. The van der Waals surface area contributed by atoms with Crippen LogP contribution in [0.2, 0.25) is 10.0 Å². The van der Waals surface area contributed by atoms with E-state index in [1.807, 2.05) is 0 Å². The minimum absolute atomic E-state index is 0.226. The van der Waals surface area contributed by atoms with Crippen LogP contribution in [0.4, 0.5) is 0 Å². The normalized spacial score (nSPS) is 11.0. The van der Waals surface area contributed by atoms with E-state index >= 15 is 0 Å². The summed E-state index contributed by atoms with van der Waals surface area (Å²) >= 11 is 11.7. The van der Waals surface area contributed by atoms with Crippen molar-refractivity contribution in [2.75, 3.05) is 5.75 Å². The van der Waals surface area contributed by atoms with Crippen molar-refractivity contribution >= 4 is 33.0 Å². The lowest BCUT2D eigenvalue weighted by Crippen LogP contribution is -2.08. The average Bonchev–Trinajstić information content (AvgIpc) is 2.11. The number of terminal acetylenes is 1. The summed E-state index contributed by atoms with van der Waals surface area (Å²) in [4.78, 5) is 0. The molecule has 0 saturated carbocycles. The van der Waals surface area contributed by atoms with Gasteiger partial charge in [0.1, 0.15) is 5.75 Å². The van der Waals surface area contributed by atoms with Crippen LogP contribution in [0.15, 0.2) is 18.2 Å². The smallest absolute Gasteiger partial charge is 0.165 e. The molecule has 1 aromatic rings. The van der Waals surface area contributed by atoms with Crippen molar-refractivity contribution in [3.8, 4) is 12.3 Å². The van der Waals surface area contributed by atoms with E-state index in [9.17, 15) is 8.42 Å². The summed E-state index contributed by atoms with van der Waals surface area (Å²) < 4.78 is 22.9. The third kappa shape index (κ3) is 3.42. The molecule has 0 aliphatic rings. The molecule has 0 aliphatic carbocycles. The molecule has 0 spiro atoms. The molecule has 1 rings (SSSR count). The third-order valence-corrected chi connectivity index (χ3v) is 3.77. The van der Waals surface area contributed by atoms with Crippen LogP contribution in [0, 0.1) is 12.3 Å². The largest absolute Gasteiger partial charge is 0.227 e. The van der Waals surface area contributed by atoms with Crippen LogP contribution >= 0.6 is 23.2 Å². The summed E-state index contributed by atoms with van der Waals surface area (Å²) in [6.07, 6.45) is 4.95. The fourth-order valence-corrected chi connectivity index (χ4v) is 2.86. The monoisotopic (exact) mass is 262 g/mol. The predicted molar refractivity (Wildman–Crippen MR) is 62.8 cm³/mol. The maximum Gasteiger partial charge on any atom is 0.165 e. The summed E-state index contributed by atoms with van der Waals surface area (Å²) in [5.74, 6) is 1.56. The molecular weight excluding hydrogens is 255 g/mol. The van der Waals surface area contributed by atoms with E-state index in [0.717, 1.165) is 0 Å². The Bertz CT molecular complexity index is 480. The average molecular weight is 263 g/mol. The number of sulfone groups is 1. The first-order chi connectivity index (χ1) is 6.96. The molecule has 1 aromatic carbocycles. The van der Waals surface area contributed by atoms with Gasteiger partial charge in [0.15, 0.2) is 9.84 Å². The molecule has 0 atom stereocenters. The molecule has 0 aromatic heterocycles. The van der Waals surface area contributed by atoms with Gasteiger partial charge in [0.2, 0.25) is 0 Å². The van der Waals surface area contributed by atoms with E-state index in [1.165, 1.54) is 0 Å². The minimum Gasteiger partial charge on any atom is -0.227 e. The Hall–Kier alpha value is -0.690. The van der Waals surface area contributed by atoms with Gasteiger partial charge in [-0.15, -0.1) is 6.42 Å². The third-order valence-electron chi connectivity index (χ3n) is 1.73. The molecule has 0 bridgehead atoms. The van der Waals surface area contributed by atoms with E-state index in [4.69, 9.17) is 29.6 Å². The van der Waals surface area contributed by atoms with Crippen molar-refractivity contribution in [1.82, 2.24) is 0 Å². The molecular formula is C10H8Cl2O2S. The van der Waals surface area contributed by atoms with Crippen LogP contribution in [0.25, 0.3) is 0 Å². The van der Waals surface area contributed by atoms with Gasteiger partial charge in [-0.2, -0.15) is 0 Å². The Morgan fingerprint density at radius 3 is 2.27 bits per heavy atom. The van der Waals surface area contributed by atoms with Crippen molar-refractivity contribution < 1.29 is 8.42 Å². The highest BCUT2D eigenvalue weighted by molar-refractivity contribution is 7.90. The molecule has 80 valence electrons. The number of rotatable bonds is 3. The summed E-state index contributed by atoms with van der Waals surface area (Å²) in [5.41, 5.74) is 0.399. The highest BCUT2D eigenvalue weighted by Gasteiger charge is 2.15. The van der Waals surface area contributed by atoms with Crippen LogP contribution < -0.4 is 0 Å². The van der Waals surface area contributed by atoms with Crippen molar-refractivity contribution in [2.24, 2.45) is 0 Å². The maximum absolute atomic E-state index is 11.4. The SMILES string of the molecule is C#CCS(=O)(=O)Cc1c(Cl)cccc1Cl. The van der Waals surface area contributed by atoms with Gasteiger partial charge in [-0.3, -0.25) is 0 Å². The Kier molecular flexibility index (Phi) is 4.04. The van der Waals surface area contributed by atoms with Gasteiger partial charge in [-0.1, -0.05) is 35.2 Å². The summed E-state index contributed by atoms with van der Waals surface area (Å²) in [6, 6.07) is 4.84. The second-order valence-electron chi connectivity index (χ2n) is 2.94. The summed E-state index contributed by atoms with van der Waals surface area (Å²) in [7, 11) is -3.33.